The van der Waals surface area contributed by atoms with E-state index in [1.54, 1.807) is 6.07 Å². The van der Waals surface area contributed by atoms with E-state index in [-0.39, 0.29) is 11.7 Å². The number of likely N-dealkylation sites (tertiary alicyclic amines) is 1. The first-order valence-electron chi connectivity index (χ1n) is 9.21. The van der Waals surface area contributed by atoms with E-state index in [1.807, 2.05) is 17.9 Å². The average Bonchev–Trinajstić information content (AvgIpc) is 2.97. The van der Waals surface area contributed by atoms with Gasteiger partial charge in [0, 0.05) is 29.7 Å². The van der Waals surface area contributed by atoms with Crippen LogP contribution in [0.2, 0.25) is 0 Å². The number of carbonyl (C=O) groups excluding carboxylic acids is 1. The summed E-state index contributed by atoms with van der Waals surface area (Å²) in [6, 6.07) is 15.2. The summed E-state index contributed by atoms with van der Waals surface area (Å²) in [5, 5.41) is 0.815. The van der Waals surface area contributed by atoms with Crippen molar-refractivity contribution in [2.45, 2.75) is 32.1 Å². The molecule has 1 aromatic heterocycles. The SMILES string of the molecule is Cc1[nH]c2ccc(F)cc2c1CC(=O)N1CCC(c2ccccc2)CC1. The Labute approximate surface area is 152 Å². The van der Waals surface area contributed by atoms with Crippen molar-refractivity contribution in [3.63, 3.8) is 0 Å². The molecular formula is C22H23FN2O. The molecule has 1 fully saturated rings. The molecule has 1 aliphatic rings. The smallest absolute Gasteiger partial charge is 0.227 e. The third-order valence-corrected chi connectivity index (χ3v) is 5.53. The normalized spacial score (nSPS) is 15.5. The van der Waals surface area contributed by atoms with E-state index < -0.39 is 0 Å². The summed E-state index contributed by atoms with van der Waals surface area (Å²) in [4.78, 5) is 18.0. The zero-order valence-corrected chi connectivity index (χ0v) is 15.0. The number of amides is 1. The monoisotopic (exact) mass is 350 g/mol. The van der Waals surface area contributed by atoms with Gasteiger partial charge in [-0.2, -0.15) is 0 Å². The fourth-order valence-corrected chi connectivity index (χ4v) is 4.03. The molecule has 0 aliphatic carbocycles. The molecule has 0 unspecified atom stereocenters. The zero-order valence-electron chi connectivity index (χ0n) is 15.0. The minimum Gasteiger partial charge on any atom is -0.358 e. The molecule has 1 aliphatic heterocycles. The summed E-state index contributed by atoms with van der Waals surface area (Å²) in [5.74, 6) is 0.391. The standard InChI is InChI=1S/C22H23FN2O/c1-15-19(20-13-18(23)7-8-21(20)24-15)14-22(26)25-11-9-17(10-12-25)16-5-3-2-4-6-16/h2-8,13,17,24H,9-12,14H2,1H3. The average molecular weight is 350 g/mol. The van der Waals surface area contributed by atoms with E-state index in [2.05, 4.69) is 29.2 Å². The van der Waals surface area contributed by atoms with Crippen LogP contribution in [-0.4, -0.2) is 28.9 Å². The number of benzene rings is 2. The molecule has 0 saturated carbocycles. The Kier molecular flexibility index (Phi) is 4.49. The molecule has 1 amide bonds. The van der Waals surface area contributed by atoms with Crippen molar-refractivity contribution < 1.29 is 9.18 Å². The number of hydrogen-bond donors (Lipinski definition) is 1. The largest absolute Gasteiger partial charge is 0.358 e. The number of aromatic nitrogens is 1. The quantitative estimate of drug-likeness (QED) is 0.738. The number of nitrogens with one attached hydrogen (secondary N) is 1. The van der Waals surface area contributed by atoms with Crippen LogP contribution in [0, 0.1) is 12.7 Å². The Hall–Kier alpha value is -2.62. The van der Waals surface area contributed by atoms with Crippen LogP contribution in [0.15, 0.2) is 48.5 Å². The second-order valence-corrected chi connectivity index (χ2v) is 7.16. The van der Waals surface area contributed by atoms with Crippen molar-refractivity contribution in [1.29, 1.82) is 0 Å². The summed E-state index contributed by atoms with van der Waals surface area (Å²) in [5.41, 5.74) is 4.10. The lowest BCUT2D eigenvalue weighted by atomic mass is 9.89. The molecule has 3 nitrogen and oxygen atoms in total. The Balaban J connectivity index is 1.45. The number of carbonyl (C=O) groups is 1. The number of aromatic amines is 1. The predicted molar refractivity (Wildman–Crippen MR) is 102 cm³/mol. The van der Waals surface area contributed by atoms with Crippen LogP contribution in [0.1, 0.15) is 35.6 Å². The summed E-state index contributed by atoms with van der Waals surface area (Å²) < 4.78 is 13.6. The molecule has 4 rings (SSSR count). The lowest BCUT2D eigenvalue weighted by molar-refractivity contribution is -0.131. The highest BCUT2D eigenvalue weighted by Crippen LogP contribution is 2.29. The molecule has 3 aromatic rings. The third-order valence-electron chi connectivity index (χ3n) is 5.53. The van der Waals surface area contributed by atoms with Crippen molar-refractivity contribution in [3.8, 4) is 0 Å². The second-order valence-electron chi connectivity index (χ2n) is 7.16. The minimum atomic E-state index is -0.270. The molecule has 0 atom stereocenters. The van der Waals surface area contributed by atoms with Gasteiger partial charge in [-0.05, 0) is 55.0 Å². The van der Waals surface area contributed by atoms with Gasteiger partial charge in [0.1, 0.15) is 5.82 Å². The summed E-state index contributed by atoms with van der Waals surface area (Å²) in [6.07, 6.45) is 2.32. The van der Waals surface area contributed by atoms with Crippen LogP contribution in [0.4, 0.5) is 4.39 Å². The van der Waals surface area contributed by atoms with Crippen LogP contribution in [0.5, 0.6) is 0 Å². The van der Waals surface area contributed by atoms with E-state index in [0.29, 0.717) is 12.3 Å². The fourth-order valence-electron chi connectivity index (χ4n) is 4.03. The first-order chi connectivity index (χ1) is 12.6. The highest BCUT2D eigenvalue weighted by atomic mass is 19.1. The lowest BCUT2D eigenvalue weighted by Crippen LogP contribution is -2.38. The maximum atomic E-state index is 13.6. The molecule has 0 radical (unpaired) electrons. The van der Waals surface area contributed by atoms with Gasteiger partial charge in [-0.1, -0.05) is 30.3 Å². The number of rotatable bonds is 3. The summed E-state index contributed by atoms with van der Waals surface area (Å²) in [7, 11) is 0. The maximum Gasteiger partial charge on any atom is 0.227 e. The van der Waals surface area contributed by atoms with Crippen LogP contribution >= 0.6 is 0 Å². The van der Waals surface area contributed by atoms with Crippen LogP contribution in [0.25, 0.3) is 10.9 Å². The second kappa shape index (κ2) is 6.94. The summed E-state index contributed by atoms with van der Waals surface area (Å²) in [6.45, 7) is 3.52. The van der Waals surface area contributed by atoms with Crippen molar-refractivity contribution in [2.75, 3.05) is 13.1 Å². The molecule has 4 heteroatoms. The van der Waals surface area contributed by atoms with Gasteiger partial charge in [0.25, 0.3) is 0 Å². The number of piperidine rings is 1. The van der Waals surface area contributed by atoms with Gasteiger partial charge >= 0.3 is 0 Å². The Morgan fingerprint density at radius 1 is 1.15 bits per heavy atom. The predicted octanol–water partition coefficient (Wildman–Crippen LogP) is 4.56. The van der Waals surface area contributed by atoms with E-state index in [9.17, 15) is 9.18 Å². The van der Waals surface area contributed by atoms with Crippen molar-refractivity contribution >= 4 is 16.8 Å². The van der Waals surface area contributed by atoms with Crippen LogP contribution in [0.3, 0.4) is 0 Å². The summed E-state index contributed by atoms with van der Waals surface area (Å²) >= 11 is 0. The molecule has 2 heterocycles. The number of hydrogen-bond acceptors (Lipinski definition) is 1. The molecule has 0 spiro atoms. The molecule has 1 N–H and O–H groups in total. The van der Waals surface area contributed by atoms with Gasteiger partial charge in [-0.25, -0.2) is 4.39 Å². The Morgan fingerprint density at radius 2 is 1.88 bits per heavy atom. The maximum absolute atomic E-state index is 13.6. The van der Waals surface area contributed by atoms with Crippen molar-refractivity contribution in [3.05, 3.63) is 71.2 Å². The van der Waals surface area contributed by atoms with Crippen LogP contribution < -0.4 is 0 Å². The number of aryl methyl sites for hydroxylation is 1. The highest BCUT2D eigenvalue weighted by molar-refractivity contribution is 5.90. The highest BCUT2D eigenvalue weighted by Gasteiger charge is 2.24. The van der Waals surface area contributed by atoms with Crippen LogP contribution in [-0.2, 0) is 11.2 Å². The van der Waals surface area contributed by atoms with Gasteiger partial charge in [0.05, 0.1) is 6.42 Å². The van der Waals surface area contributed by atoms with E-state index in [0.717, 1.165) is 48.1 Å². The van der Waals surface area contributed by atoms with Gasteiger partial charge < -0.3 is 9.88 Å². The molecule has 2 aromatic carbocycles. The first-order valence-corrected chi connectivity index (χ1v) is 9.21. The lowest BCUT2D eigenvalue weighted by Gasteiger charge is -2.32. The molecule has 26 heavy (non-hydrogen) atoms. The molecule has 1 saturated heterocycles. The number of fused-ring (bicyclic) bond motifs is 1. The van der Waals surface area contributed by atoms with E-state index in [1.165, 1.54) is 17.7 Å². The van der Waals surface area contributed by atoms with Gasteiger partial charge in [-0.3, -0.25) is 4.79 Å². The number of H-pyrrole nitrogens is 1. The minimum absolute atomic E-state index is 0.129. The van der Waals surface area contributed by atoms with Crippen molar-refractivity contribution in [1.82, 2.24) is 9.88 Å². The molecular weight excluding hydrogens is 327 g/mol. The number of nitrogens with zero attached hydrogens (tertiary/aromatic N) is 1. The first kappa shape index (κ1) is 16.8. The number of halogens is 1. The van der Waals surface area contributed by atoms with Crippen molar-refractivity contribution in [2.24, 2.45) is 0 Å². The van der Waals surface area contributed by atoms with Gasteiger partial charge in [0.2, 0.25) is 5.91 Å². The van der Waals surface area contributed by atoms with Gasteiger partial charge in [-0.15, -0.1) is 0 Å². The van der Waals surface area contributed by atoms with E-state index in [4.69, 9.17) is 0 Å². The molecule has 0 bridgehead atoms. The zero-order chi connectivity index (χ0) is 18.1. The molecule has 134 valence electrons. The van der Waals surface area contributed by atoms with Gasteiger partial charge in [0.15, 0.2) is 0 Å². The third kappa shape index (κ3) is 3.24. The Morgan fingerprint density at radius 3 is 2.62 bits per heavy atom. The topological polar surface area (TPSA) is 36.1 Å². The van der Waals surface area contributed by atoms with E-state index >= 15 is 0 Å². The fraction of sp³-hybridized carbons (Fsp3) is 0.318. The Bertz CT molecular complexity index is 924.